The van der Waals surface area contributed by atoms with Gasteiger partial charge in [-0.1, -0.05) is 44.2 Å². The Morgan fingerprint density at radius 1 is 1.14 bits per heavy atom. The van der Waals surface area contributed by atoms with Crippen molar-refractivity contribution in [2.75, 3.05) is 0 Å². The number of isocyanates is 2. The molecule has 2 rings (SSSR count). The molecule has 1 aliphatic rings. The van der Waals surface area contributed by atoms with Crippen LogP contribution >= 0.6 is 0 Å². The summed E-state index contributed by atoms with van der Waals surface area (Å²) in [5, 5.41) is 0. The van der Waals surface area contributed by atoms with Gasteiger partial charge in [-0.25, -0.2) is 9.59 Å². The molecule has 22 heavy (non-hydrogen) atoms. The second kappa shape index (κ2) is 6.39. The van der Waals surface area contributed by atoms with E-state index in [-0.39, 0.29) is 11.5 Å². The first-order valence-electron chi connectivity index (χ1n) is 7.70. The highest BCUT2D eigenvalue weighted by Gasteiger charge is 2.49. The molecule has 1 fully saturated rings. The Labute approximate surface area is 131 Å². The van der Waals surface area contributed by atoms with Gasteiger partial charge in [-0.15, -0.1) is 0 Å². The molecule has 0 N–H and O–H groups in total. The van der Waals surface area contributed by atoms with Crippen molar-refractivity contribution < 1.29 is 9.59 Å². The summed E-state index contributed by atoms with van der Waals surface area (Å²) < 4.78 is 0. The van der Waals surface area contributed by atoms with Crippen LogP contribution in [0.2, 0.25) is 0 Å². The number of aliphatic imine (C=N–C) groups is 2. The van der Waals surface area contributed by atoms with Gasteiger partial charge in [0.05, 0.1) is 11.6 Å². The van der Waals surface area contributed by atoms with Crippen LogP contribution in [-0.4, -0.2) is 23.7 Å². The predicted octanol–water partition coefficient (Wildman–Crippen LogP) is 3.56. The monoisotopic (exact) mass is 298 g/mol. The number of carbonyl (C=O) groups excluding carboxylic acids is 2. The summed E-state index contributed by atoms with van der Waals surface area (Å²) in [6.45, 7) is 6.26. The minimum atomic E-state index is -0.660. The summed E-state index contributed by atoms with van der Waals surface area (Å²) in [6.07, 6.45) is 5.60. The van der Waals surface area contributed by atoms with Gasteiger partial charge in [-0.05, 0) is 43.1 Å². The van der Waals surface area contributed by atoms with Crippen LogP contribution in [0.3, 0.4) is 0 Å². The van der Waals surface area contributed by atoms with Gasteiger partial charge in [0.2, 0.25) is 12.2 Å². The molecule has 1 saturated carbocycles. The zero-order valence-electron chi connectivity index (χ0n) is 13.4. The van der Waals surface area contributed by atoms with Crippen LogP contribution < -0.4 is 0 Å². The minimum Gasteiger partial charge on any atom is -0.211 e. The molecule has 3 unspecified atom stereocenters. The van der Waals surface area contributed by atoms with E-state index >= 15 is 0 Å². The summed E-state index contributed by atoms with van der Waals surface area (Å²) in [7, 11) is 0. The Balaban J connectivity index is 2.48. The molecule has 1 aromatic rings. The molecule has 0 amide bonds. The Bertz CT molecular complexity index is 615. The highest BCUT2D eigenvalue weighted by molar-refractivity contribution is 5.39. The Morgan fingerprint density at radius 2 is 1.82 bits per heavy atom. The van der Waals surface area contributed by atoms with Crippen molar-refractivity contribution in [1.82, 2.24) is 0 Å². The van der Waals surface area contributed by atoms with Crippen LogP contribution in [0.25, 0.3) is 0 Å². The largest absolute Gasteiger partial charge is 0.235 e. The fourth-order valence-electron chi connectivity index (χ4n) is 3.68. The Kier molecular flexibility index (Phi) is 4.75. The molecule has 1 aromatic carbocycles. The summed E-state index contributed by atoms with van der Waals surface area (Å²) >= 11 is 0. The van der Waals surface area contributed by atoms with Crippen molar-refractivity contribution in [3.05, 3.63) is 35.9 Å². The molecular weight excluding hydrogens is 276 g/mol. The molecule has 0 heterocycles. The van der Waals surface area contributed by atoms with Gasteiger partial charge in [0, 0.05) is 0 Å². The first kappa shape index (κ1) is 16.4. The lowest BCUT2D eigenvalue weighted by molar-refractivity contribution is 0.141. The van der Waals surface area contributed by atoms with Crippen LogP contribution in [0.1, 0.15) is 45.6 Å². The van der Waals surface area contributed by atoms with Gasteiger partial charge in [-0.3, -0.25) is 0 Å². The fourth-order valence-corrected chi connectivity index (χ4v) is 3.68. The molecule has 1 aliphatic carbocycles. The number of hydrogen-bond acceptors (Lipinski definition) is 4. The number of benzene rings is 1. The van der Waals surface area contributed by atoms with E-state index in [2.05, 4.69) is 36.0 Å². The second-order valence-electron chi connectivity index (χ2n) is 6.68. The van der Waals surface area contributed by atoms with Crippen molar-refractivity contribution in [3.63, 3.8) is 0 Å². The van der Waals surface area contributed by atoms with E-state index in [1.165, 1.54) is 5.56 Å². The SMILES string of the molecule is CC(C)C1(c2ccccc2)CCC(C)(N=C=O)C(N=C=O)C1. The van der Waals surface area contributed by atoms with E-state index in [9.17, 15) is 9.59 Å². The minimum absolute atomic E-state index is 0.0653. The fraction of sp³-hybridized carbons (Fsp3) is 0.556. The topological polar surface area (TPSA) is 58.9 Å². The van der Waals surface area contributed by atoms with Crippen LogP contribution in [0.5, 0.6) is 0 Å². The van der Waals surface area contributed by atoms with Crippen molar-refractivity contribution in [2.24, 2.45) is 15.9 Å². The van der Waals surface area contributed by atoms with E-state index in [4.69, 9.17) is 0 Å². The molecular formula is C18H22N2O2. The first-order valence-corrected chi connectivity index (χ1v) is 7.70. The Morgan fingerprint density at radius 3 is 2.36 bits per heavy atom. The average Bonchev–Trinajstić information content (AvgIpc) is 2.51. The standard InChI is InChI=1S/C18H22N2O2/c1-14(2)18(15-7-5-4-6-8-15)10-9-17(3,20-13-22)16(11-18)19-12-21/h4-8,14,16H,9-11H2,1-3H3. The number of nitrogens with zero attached hydrogens (tertiary/aromatic N) is 2. The van der Waals surface area contributed by atoms with Gasteiger partial charge in [0.1, 0.15) is 0 Å². The molecule has 116 valence electrons. The van der Waals surface area contributed by atoms with Crippen molar-refractivity contribution in [2.45, 2.75) is 57.0 Å². The molecule has 4 heteroatoms. The van der Waals surface area contributed by atoms with Gasteiger partial charge in [0.25, 0.3) is 0 Å². The molecule has 0 bridgehead atoms. The van der Waals surface area contributed by atoms with Gasteiger partial charge >= 0.3 is 0 Å². The molecule has 0 saturated heterocycles. The van der Waals surface area contributed by atoms with Gasteiger partial charge in [-0.2, -0.15) is 9.98 Å². The van der Waals surface area contributed by atoms with Crippen LogP contribution in [0.15, 0.2) is 40.3 Å². The predicted molar refractivity (Wildman–Crippen MR) is 85.2 cm³/mol. The third-order valence-corrected chi connectivity index (χ3v) is 5.32. The maximum absolute atomic E-state index is 10.9. The first-order chi connectivity index (χ1) is 10.5. The van der Waals surface area contributed by atoms with E-state index in [1.54, 1.807) is 12.2 Å². The van der Waals surface area contributed by atoms with Crippen molar-refractivity contribution in [1.29, 1.82) is 0 Å². The lowest BCUT2D eigenvalue weighted by Gasteiger charge is -2.48. The normalized spacial score (nSPS) is 31.2. The van der Waals surface area contributed by atoms with Gasteiger partial charge in [0.15, 0.2) is 0 Å². The van der Waals surface area contributed by atoms with E-state index in [1.807, 2.05) is 25.1 Å². The molecule has 0 spiro atoms. The third kappa shape index (κ3) is 2.81. The van der Waals surface area contributed by atoms with Gasteiger partial charge < -0.3 is 0 Å². The highest BCUT2D eigenvalue weighted by Crippen LogP contribution is 2.49. The summed E-state index contributed by atoms with van der Waals surface area (Å²) in [6, 6.07) is 10.00. The maximum Gasteiger partial charge on any atom is 0.235 e. The molecule has 3 atom stereocenters. The lowest BCUT2D eigenvalue weighted by Crippen LogP contribution is -2.50. The summed E-state index contributed by atoms with van der Waals surface area (Å²) in [5.41, 5.74) is 0.532. The zero-order valence-corrected chi connectivity index (χ0v) is 13.4. The summed E-state index contributed by atoms with van der Waals surface area (Å²) in [5.74, 6) is 0.393. The second-order valence-corrected chi connectivity index (χ2v) is 6.68. The summed E-state index contributed by atoms with van der Waals surface area (Å²) in [4.78, 5) is 29.5. The Hall–Kier alpha value is -2.02. The van der Waals surface area contributed by atoms with Crippen molar-refractivity contribution >= 4 is 12.2 Å². The maximum atomic E-state index is 10.9. The molecule has 0 aromatic heterocycles. The smallest absolute Gasteiger partial charge is 0.211 e. The quantitative estimate of drug-likeness (QED) is 0.630. The zero-order chi connectivity index (χ0) is 16.2. The number of rotatable bonds is 4. The van der Waals surface area contributed by atoms with E-state index in [0.717, 1.165) is 6.42 Å². The van der Waals surface area contributed by atoms with Crippen molar-refractivity contribution in [3.8, 4) is 0 Å². The van der Waals surface area contributed by atoms with Crippen LogP contribution in [0, 0.1) is 5.92 Å². The average molecular weight is 298 g/mol. The van der Waals surface area contributed by atoms with E-state index < -0.39 is 5.54 Å². The van der Waals surface area contributed by atoms with Crippen LogP contribution in [0.4, 0.5) is 0 Å². The van der Waals surface area contributed by atoms with Crippen LogP contribution in [-0.2, 0) is 15.0 Å². The molecule has 4 nitrogen and oxygen atoms in total. The number of hydrogen-bond donors (Lipinski definition) is 0. The molecule has 0 radical (unpaired) electrons. The lowest BCUT2D eigenvalue weighted by atomic mass is 9.58. The highest BCUT2D eigenvalue weighted by atomic mass is 16.1. The van der Waals surface area contributed by atoms with E-state index in [0.29, 0.717) is 18.8 Å². The molecule has 0 aliphatic heterocycles. The third-order valence-electron chi connectivity index (χ3n) is 5.32.